The van der Waals surface area contributed by atoms with Crippen LogP contribution in [0.25, 0.3) is 0 Å². The van der Waals surface area contributed by atoms with Gasteiger partial charge in [-0.1, -0.05) is 55.8 Å². The molecule has 2 aromatic heterocycles. The molecule has 0 aliphatic heterocycles. The summed E-state index contributed by atoms with van der Waals surface area (Å²) in [4.78, 5) is 36.2. The van der Waals surface area contributed by atoms with Crippen LogP contribution in [0.1, 0.15) is 78.5 Å². The van der Waals surface area contributed by atoms with E-state index in [2.05, 4.69) is 22.5 Å². The summed E-state index contributed by atoms with van der Waals surface area (Å²) in [7, 11) is 0. The first-order valence-electron chi connectivity index (χ1n) is 13.6. The van der Waals surface area contributed by atoms with Gasteiger partial charge in [0.15, 0.2) is 5.13 Å². The number of hydrogen-bond acceptors (Lipinski definition) is 7. The molecule has 0 radical (unpaired) electrons. The number of benzene rings is 1. The molecule has 2 amide bonds. The van der Waals surface area contributed by atoms with E-state index in [0.29, 0.717) is 30.0 Å². The fraction of sp³-hybridized carbons (Fsp3) is 0.467. The number of carbonyl (C=O) groups is 2. The average molecular weight is 583 g/mol. The molecule has 6 unspecified atom stereocenters. The molecule has 10 heteroatoms. The number of carbonyl (C=O) groups excluding carboxylic acids is 2. The SMILES string of the molecule is CC(NC(=O)CC1c2nc(NC(=O)c3ccnc(Cl)c3)sc2CC2C(C)(CO)C(O)CCC12C)c1ccccc1. The molecular formula is C30H35ClN4O4S. The highest BCUT2D eigenvalue weighted by molar-refractivity contribution is 7.15. The second-order valence-corrected chi connectivity index (χ2v) is 13.1. The number of rotatable bonds is 7. The van der Waals surface area contributed by atoms with Crippen molar-refractivity contribution in [2.24, 2.45) is 16.7 Å². The molecule has 2 aliphatic carbocycles. The van der Waals surface area contributed by atoms with Crippen molar-refractivity contribution in [3.8, 4) is 0 Å². The van der Waals surface area contributed by atoms with Gasteiger partial charge in [0.05, 0.1) is 24.4 Å². The third kappa shape index (κ3) is 5.28. The van der Waals surface area contributed by atoms with Gasteiger partial charge < -0.3 is 15.5 Å². The van der Waals surface area contributed by atoms with Crippen molar-refractivity contribution >= 4 is 39.9 Å². The molecule has 5 rings (SSSR count). The molecule has 1 aromatic carbocycles. The number of nitrogens with zero attached hydrogens (tertiary/aromatic N) is 2. The number of pyridine rings is 1. The van der Waals surface area contributed by atoms with Crippen molar-refractivity contribution in [1.29, 1.82) is 0 Å². The van der Waals surface area contributed by atoms with Crippen LogP contribution in [0.15, 0.2) is 48.7 Å². The fourth-order valence-electron chi connectivity index (χ4n) is 6.72. The highest BCUT2D eigenvalue weighted by atomic mass is 35.5. The van der Waals surface area contributed by atoms with Crippen LogP contribution in [0.4, 0.5) is 5.13 Å². The summed E-state index contributed by atoms with van der Waals surface area (Å²) >= 11 is 7.36. The van der Waals surface area contributed by atoms with Crippen LogP contribution in [0.3, 0.4) is 0 Å². The van der Waals surface area contributed by atoms with Gasteiger partial charge >= 0.3 is 0 Å². The molecule has 0 saturated heterocycles. The van der Waals surface area contributed by atoms with Crippen LogP contribution in [0.5, 0.6) is 0 Å². The zero-order chi connectivity index (χ0) is 28.7. The van der Waals surface area contributed by atoms with E-state index in [4.69, 9.17) is 16.6 Å². The first-order valence-corrected chi connectivity index (χ1v) is 14.8. The van der Waals surface area contributed by atoms with Gasteiger partial charge in [0.25, 0.3) is 5.91 Å². The van der Waals surface area contributed by atoms with E-state index in [9.17, 15) is 19.8 Å². The van der Waals surface area contributed by atoms with Crippen molar-refractivity contribution in [1.82, 2.24) is 15.3 Å². The van der Waals surface area contributed by atoms with Crippen LogP contribution in [-0.2, 0) is 11.2 Å². The van der Waals surface area contributed by atoms with Gasteiger partial charge in [-0.25, -0.2) is 9.97 Å². The Labute approximate surface area is 243 Å². The lowest BCUT2D eigenvalue weighted by Gasteiger charge is -2.58. The van der Waals surface area contributed by atoms with Gasteiger partial charge in [-0.3, -0.25) is 14.9 Å². The normalized spacial score (nSPS) is 28.2. The summed E-state index contributed by atoms with van der Waals surface area (Å²) in [5.41, 5.74) is 1.09. The number of aromatic nitrogens is 2. The number of fused-ring (bicyclic) bond motifs is 2. The summed E-state index contributed by atoms with van der Waals surface area (Å²) in [6.07, 6.45) is 2.89. The largest absolute Gasteiger partial charge is 0.396 e. The Morgan fingerprint density at radius 2 is 1.98 bits per heavy atom. The van der Waals surface area contributed by atoms with Crippen molar-refractivity contribution < 1.29 is 19.8 Å². The molecule has 0 bridgehead atoms. The molecule has 2 aliphatic rings. The highest BCUT2D eigenvalue weighted by Crippen LogP contribution is 2.62. The van der Waals surface area contributed by atoms with Gasteiger partial charge in [-0.15, -0.1) is 11.3 Å². The predicted molar refractivity (Wildman–Crippen MR) is 155 cm³/mol. The molecule has 212 valence electrons. The topological polar surface area (TPSA) is 124 Å². The number of aliphatic hydroxyl groups is 2. The minimum absolute atomic E-state index is 0.0754. The first kappa shape index (κ1) is 28.7. The third-order valence-electron chi connectivity index (χ3n) is 9.17. The summed E-state index contributed by atoms with van der Waals surface area (Å²) in [5, 5.41) is 28.2. The summed E-state index contributed by atoms with van der Waals surface area (Å²) in [5.74, 6) is -0.759. The van der Waals surface area contributed by atoms with E-state index in [0.717, 1.165) is 16.1 Å². The summed E-state index contributed by atoms with van der Waals surface area (Å²) < 4.78 is 0. The number of anilines is 1. The maximum absolute atomic E-state index is 13.5. The average Bonchev–Trinajstić information content (AvgIpc) is 3.34. The molecule has 1 saturated carbocycles. The summed E-state index contributed by atoms with van der Waals surface area (Å²) in [6, 6.07) is 12.7. The van der Waals surface area contributed by atoms with E-state index in [1.165, 1.54) is 23.6 Å². The lowest BCUT2D eigenvalue weighted by Crippen LogP contribution is -2.57. The molecular weight excluding hydrogens is 548 g/mol. The second-order valence-electron chi connectivity index (χ2n) is 11.6. The Bertz CT molecular complexity index is 1400. The van der Waals surface area contributed by atoms with Crippen molar-refractivity contribution in [2.45, 2.75) is 64.5 Å². The van der Waals surface area contributed by atoms with E-state index < -0.39 is 11.5 Å². The third-order valence-corrected chi connectivity index (χ3v) is 10.4. The Kier molecular flexibility index (Phi) is 8.03. The molecule has 1 fully saturated rings. The van der Waals surface area contributed by atoms with Crippen molar-refractivity contribution in [3.05, 3.63) is 75.5 Å². The zero-order valence-electron chi connectivity index (χ0n) is 22.9. The Morgan fingerprint density at radius 3 is 2.67 bits per heavy atom. The van der Waals surface area contributed by atoms with Gasteiger partial charge in [-0.05, 0) is 55.2 Å². The van der Waals surface area contributed by atoms with Crippen LogP contribution >= 0.6 is 22.9 Å². The van der Waals surface area contributed by atoms with Gasteiger partial charge in [0.1, 0.15) is 5.15 Å². The van der Waals surface area contributed by atoms with Gasteiger partial charge in [0.2, 0.25) is 5.91 Å². The molecule has 4 N–H and O–H groups in total. The first-order chi connectivity index (χ1) is 19.0. The van der Waals surface area contributed by atoms with Crippen LogP contribution in [0, 0.1) is 16.7 Å². The van der Waals surface area contributed by atoms with Crippen molar-refractivity contribution in [3.63, 3.8) is 0 Å². The lowest BCUT2D eigenvalue weighted by atomic mass is 9.47. The molecule has 40 heavy (non-hydrogen) atoms. The Balaban J connectivity index is 1.47. The predicted octanol–water partition coefficient (Wildman–Crippen LogP) is 5.13. The standard InChI is InChI=1S/C30H35ClN4O4S/c1-17(18-7-5-4-6-8-18)33-25(38)14-20-26-21(15-22-29(20,2)11-9-23(37)30(22,3)16-36)40-28(34-26)35-27(39)19-10-12-32-24(31)13-19/h4-8,10,12-13,17,20,22-23,36-37H,9,11,14-16H2,1-3H3,(H,33,38)(H,34,35,39). The smallest absolute Gasteiger partial charge is 0.257 e. The molecule has 2 heterocycles. The number of thiazole rings is 1. The van der Waals surface area contributed by atoms with Crippen molar-refractivity contribution in [2.75, 3.05) is 11.9 Å². The fourth-order valence-corrected chi connectivity index (χ4v) is 7.96. The van der Waals surface area contributed by atoms with E-state index in [-0.39, 0.29) is 53.3 Å². The number of nitrogens with one attached hydrogen (secondary N) is 2. The molecule has 6 atom stereocenters. The zero-order valence-corrected chi connectivity index (χ0v) is 24.4. The highest BCUT2D eigenvalue weighted by Gasteiger charge is 2.59. The van der Waals surface area contributed by atoms with E-state index in [1.54, 1.807) is 6.07 Å². The Hall–Kier alpha value is -2.85. The maximum atomic E-state index is 13.5. The second kappa shape index (κ2) is 11.2. The van der Waals surface area contributed by atoms with Crippen LogP contribution < -0.4 is 10.6 Å². The van der Waals surface area contributed by atoms with Crippen LogP contribution in [-0.4, -0.2) is 44.7 Å². The molecule has 0 spiro atoms. The number of halogens is 1. The number of hydrogen-bond donors (Lipinski definition) is 4. The van der Waals surface area contributed by atoms with E-state index >= 15 is 0 Å². The molecule has 8 nitrogen and oxygen atoms in total. The maximum Gasteiger partial charge on any atom is 0.257 e. The minimum Gasteiger partial charge on any atom is -0.396 e. The number of aliphatic hydroxyl groups excluding tert-OH is 2. The quantitative estimate of drug-likeness (QED) is 0.286. The minimum atomic E-state index is -0.724. The van der Waals surface area contributed by atoms with Gasteiger partial charge in [0, 0.05) is 34.4 Å². The lowest BCUT2D eigenvalue weighted by molar-refractivity contribution is -0.144. The van der Waals surface area contributed by atoms with E-state index in [1.807, 2.05) is 44.2 Å². The molecule has 3 aromatic rings. The monoisotopic (exact) mass is 582 g/mol. The Morgan fingerprint density at radius 1 is 1.23 bits per heavy atom. The number of amides is 2. The van der Waals surface area contributed by atoms with Gasteiger partial charge in [-0.2, -0.15) is 0 Å². The summed E-state index contributed by atoms with van der Waals surface area (Å²) in [6.45, 7) is 5.91. The van der Waals surface area contributed by atoms with Crippen LogP contribution in [0.2, 0.25) is 5.15 Å².